The summed E-state index contributed by atoms with van der Waals surface area (Å²) in [4.78, 5) is 4.93. The molecule has 2 aromatic rings. The number of nitrogens with two attached hydrogens (primary N) is 1. The number of hydrogen-bond acceptors (Lipinski definition) is 3. The van der Waals surface area contributed by atoms with Crippen molar-refractivity contribution in [3.63, 3.8) is 0 Å². The van der Waals surface area contributed by atoms with Gasteiger partial charge >= 0.3 is 0 Å². The van der Waals surface area contributed by atoms with Gasteiger partial charge in [-0.1, -0.05) is 0 Å². The SMILES string of the molecule is Cc1nc2sccn2c1C1(N)CC1(F)F. The summed E-state index contributed by atoms with van der Waals surface area (Å²) < 4.78 is 28.1. The lowest BCUT2D eigenvalue weighted by molar-refractivity contribution is 0.0877. The van der Waals surface area contributed by atoms with Crippen molar-refractivity contribution in [1.29, 1.82) is 0 Å². The van der Waals surface area contributed by atoms with Gasteiger partial charge in [-0.25, -0.2) is 13.8 Å². The van der Waals surface area contributed by atoms with E-state index < -0.39 is 11.5 Å². The van der Waals surface area contributed by atoms with E-state index in [1.165, 1.54) is 11.3 Å². The number of rotatable bonds is 1. The summed E-state index contributed by atoms with van der Waals surface area (Å²) in [6, 6.07) is 0. The van der Waals surface area contributed by atoms with Crippen molar-refractivity contribution in [3.8, 4) is 0 Å². The molecular formula is C9H9F2N3S. The molecule has 0 saturated heterocycles. The van der Waals surface area contributed by atoms with Crippen LogP contribution in [0.4, 0.5) is 8.78 Å². The topological polar surface area (TPSA) is 43.3 Å². The lowest BCUT2D eigenvalue weighted by atomic mass is 10.1. The molecule has 0 amide bonds. The molecule has 1 aliphatic rings. The normalized spacial score (nSPS) is 28.5. The Bertz CT molecular complexity index is 545. The molecular weight excluding hydrogens is 220 g/mol. The highest BCUT2D eigenvalue weighted by molar-refractivity contribution is 7.15. The minimum absolute atomic E-state index is 0.287. The number of fused-ring (bicyclic) bond motifs is 1. The van der Waals surface area contributed by atoms with Crippen LogP contribution in [0.15, 0.2) is 11.6 Å². The fourth-order valence-electron chi connectivity index (χ4n) is 1.99. The maximum atomic E-state index is 13.2. The van der Waals surface area contributed by atoms with Crippen LogP contribution in [0.2, 0.25) is 0 Å². The summed E-state index contributed by atoms with van der Waals surface area (Å²) in [6.45, 7) is 1.72. The van der Waals surface area contributed by atoms with Crippen molar-refractivity contribution in [2.45, 2.75) is 24.8 Å². The number of aromatic nitrogens is 2. The van der Waals surface area contributed by atoms with Crippen LogP contribution in [-0.2, 0) is 5.54 Å². The molecule has 1 unspecified atom stereocenters. The monoisotopic (exact) mass is 229 g/mol. The number of imidazole rings is 1. The molecule has 15 heavy (non-hydrogen) atoms. The van der Waals surface area contributed by atoms with E-state index in [2.05, 4.69) is 4.98 Å². The van der Waals surface area contributed by atoms with Gasteiger partial charge in [0.2, 0.25) is 0 Å². The molecule has 0 radical (unpaired) electrons. The Kier molecular flexibility index (Phi) is 1.47. The van der Waals surface area contributed by atoms with Gasteiger partial charge in [0.25, 0.3) is 5.92 Å². The Morgan fingerprint density at radius 1 is 1.60 bits per heavy atom. The Morgan fingerprint density at radius 3 is 2.87 bits per heavy atom. The molecule has 0 bridgehead atoms. The maximum absolute atomic E-state index is 13.2. The Morgan fingerprint density at radius 2 is 2.27 bits per heavy atom. The minimum atomic E-state index is -2.80. The lowest BCUT2D eigenvalue weighted by Gasteiger charge is -2.10. The van der Waals surface area contributed by atoms with Crippen LogP contribution in [0.3, 0.4) is 0 Å². The average molecular weight is 229 g/mol. The van der Waals surface area contributed by atoms with Crippen LogP contribution in [0.1, 0.15) is 17.8 Å². The summed E-state index contributed by atoms with van der Waals surface area (Å²) in [5.41, 5.74) is 5.24. The molecule has 0 aromatic carbocycles. The summed E-state index contributed by atoms with van der Waals surface area (Å²) >= 11 is 1.42. The van der Waals surface area contributed by atoms with Crippen LogP contribution in [-0.4, -0.2) is 15.3 Å². The van der Waals surface area contributed by atoms with E-state index in [9.17, 15) is 8.78 Å². The van der Waals surface area contributed by atoms with Gasteiger partial charge in [0.15, 0.2) is 4.96 Å². The van der Waals surface area contributed by atoms with E-state index >= 15 is 0 Å². The Hall–Kier alpha value is -1.01. The first-order valence-corrected chi connectivity index (χ1v) is 5.43. The zero-order chi connectivity index (χ0) is 10.8. The predicted octanol–water partition coefficient (Wildman–Crippen LogP) is 1.90. The number of alkyl halides is 2. The quantitative estimate of drug-likeness (QED) is 0.811. The van der Waals surface area contributed by atoms with E-state index in [0.29, 0.717) is 11.4 Å². The van der Waals surface area contributed by atoms with E-state index in [0.717, 1.165) is 4.96 Å². The molecule has 1 saturated carbocycles. The van der Waals surface area contributed by atoms with Crippen LogP contribution >= 0.6 is 11.3 Å². The van der Waals surface area contributed by atoms with Gasteiger partial charge in [-0.15, -0.1) is 11.3 Å². The van der Waals surface area contributed by atoms with Gasteiger partial charge in [0.1, 0.15) is 5.54 Å². The van der Waals surface area contributed by atoms with Gasteiger partial charge in [-0.3, -0.25) is 4.40 Å². The van der Waals surface area contributed by atoms with Gasteiger partial charge in [-0.2, -0.15) is 0 Å². The lowest BCUT2D eigenvalue weighted by Crippen LogP contribution is -2.29. The van der Waals surface area contributed by atoms with Crippen molar-refractivity contribution in [3.05, 3.63) is 23.0 Å². The van der Waals surface area contributed by atoms with Gasteiger partial charge in [0, 0.05) is 18.0 Å². The van der Waals surface area contributed by atoms with Crippen molar-refractivity contribution in [2.24, 2.45) is 5.73 Å². The molecule has 2 heterocycles. The molecule has 0 spiro atoms. The van der Waals surface area contributed by atoms with Crippen molar-refractivity contribution < 1.29 is 8.78 Å². The molecule has 3 nitrogen and oxygen atoms in total. The molecule has 3 rings (SSSR count). The molecule has 1 aliphatic carbocycles. The fourth-order valence-corrected chi connectivity index (χ4v) is 2.75. The molecule has 0 aliphatic heterocycles. The second-order valence-electron chi connectivity index (χ2n) is 3.95. The molecule has 2 aromatic heterocycles. The van der Waals surface area contributed by atoms with Crippen molar-refractivity contribution in [2.75, 3.05) is 0 Å². The number of nitrogens with zero attached hydrogens (tertiary/aromatic N) is 2. The predicted molar refractivity (Wildman–Crippen MR) is 53.2 cm³/mol. The highest BCUT2D eigenvalue weighted by Crippen LogP contribution is 2.58. The highest BCUT2D eigenvalue weighted by Gasteiger charge is 2.71. The summed E-state index contributed by atoms with van der Waals surface area (Å²) in [6.07, 6.45) is 1.45. The smallest absolute Gasteiger partial charge is 0.273 e. The first-order chi connectivity index (χ1) is 6.96. The third-order valence-corrected chi connectivity index (χ3v) is 3.64. The standard InChI is InChI=1S/C9H9F2N3S/c1-5-6(8(12)4-9(8,10)11)14-2-3-15-7(14)13-5/h2-3H,4,12H2,1H3. The van der Waals surface area contributed by atoms with Gasteiger partial charge in [-0.05, 0) is 6.92 Å². The van der Waals surface area contributed by atoms with Gasteiger partial charge < -0.3 is 5.73 Å². The molecule has 1 atom stereocenters. The van der Waals surface area contributed by atoms with Crippen LogP contribution < -0.4 is 5.73 Å². The Labute approximate surface area is 88.5 Å². The number of thiazole rings is 1. The maximum Gasteiger partial charge on any atom is 0.273 e. The summed E-state index contributed by atoms with van der Waals surface area (Å²) in [5.74, 6) is -2.80. The van der Waals surface area contributed by atoms with Gasteiger partial charge in [0.05, 0.1) is 11.4 Å². The first kappa shape index (κ1) is 9.23. The molecule has 1 fully saturated rings. The minimum Gasteiger partial charge on any atom is -0.315 e. The zero-order valence-electron chi connectivity index (χ0n) is 8.00. The van der Waals surface area contributed by atoms with Crippen LogP contribution in [0.5, 0.6) is 0 Å². The third-order valence-electron chi connectivity index (χ3n) is 2.89. The second kappa shape index (κ2) is 2.38. The molecule has 80 valence electrons. The number of hydrogen-bond donors (Lipinski definition) is 1. The number of halogens is 2. The van der Waals surface area contributed by atoms with Crippen LogP contribution in [0.25, 0.3) is 4.96 Å². The first-order valence-electron chi connectivity index (χ1n) is 4.55. The van der Waals surface area contributed by atoms with Crippen LogP contribution in [0, 0.1) is 6.92 Å². The summed E-state index contributed by atoms with van der Waals surface area (Å²) in [5, 5.41) is 1.81. The van der Waals surface area contributed by atoms with E-state index in [4.69, 9.17) is 5.73 Å². The largest absolute Gasteiger partial charge is 0.315 e. The summed E-state index contributed by atoms with van der Waals surface area (Å²) in [7, 11) is 0. The Balaban J connectivity index is 2.27. The molecule has 6 heteroatoms. The third kappa shape index (κ3) is 0.981. The van der Waals surface area contributed by atoms with E-state index in [1.54, 1.807) is 17.5 Å². The second-order valence-corrected chi connectivity index (χ2v) is 4.83. The highest BCUT2D eigenvalue weighted by atomic mass is 32.1. The van der Waals surface area contributed by atoms with E-state index in [1.807, 2.05) is 5.38 Å². The number of aryl methyl sites for hydroxylation is 1. The van der Waals surface area contributed by atoms with Crippen molar-refractivity contribution >= 4 is 16.3 Å². The van der Waals surface area contributed by atoms with Crippen molar-refractivity contribution in [1.82, 2.24) is 9.38 Å². The zero-order valence-corrected chi connectivity index (χ0v) is 8.81. The molecule has 2 N–H and O–H groups in total. The van der Waals surface area contributed by atoms with E-state index in [-0.39, 0.29) is 6.42 Å². The fraction of sp³-hybridized carbons (Fsp3) is 0.444. The average Bonchev–Trinajstić information content (AvgIpc) is 2.51.